The van der Waals surface area contributed by atoms with E-state index in [1.165, 1.54) is 13.8 Å². The van der Waals surface area contributed by atoms with Gasteiger partial charge in [0.1, 0.15) is 0 Å². The summed E-state index contributed by atoms with van der Waals surface area (Å²) in [4.78, 5) is 10.7. The average molecular weight is 144 g/mol. The minimum absolute atomic E-state index is 0.280. The van der Waals surface area contributed by atoms with Crippen LogP contribution in [0.25, 0.3) is 0 Å². The van der Waals surface area contributed by atoms with Crippen LogP contribution in [-0.4, -0.2) is 11.8 Å². The van der Waals surface area contributed by atoms with Crippen LogP contribution in [0.2, 0.25) is 0 Å². The van der Waals surface area contributed by atoms with Gasteiger partial charge in [-0.05, 0) is 6.92 Å². The molecule has 0 saturated carbocycles. The van der Waals surface area contributed by atoms with E-state index in [9.17, 15) is 4.79 Å². The predicted octanol–water partition coefficient (Wildman–Crippen LogP) is -0.303. The Morgan fingerprint density at radius 2 is 2.00 bits per heavy atom. The molecule has 0 amide bonds. The third-order valence-corrected chi connectivity index (χ3v) is 0.661. The molecule has 0 rings (SSSR count). The Morgan fingerprint density at radius 1 is 1.60 bits per heavy atom. The van der Waals surface area contributed by atoms with Crippen LogP contribution >= 0.6 is 0 Å². The molecule has 0 radical (unpaired) electrons. The first-order valence-corrected chi connectivity index (χ1v) is 2.79. The molecule has 58 valence electrons. The standard InChI is InChI=1S/C6H12N2O2/c1-4(2)5(9)10-6(3,7)8/h1,7-8H2,2-3H3. The zero-order valence-corrected chi connectivity index (χ0v) is 6.18. The first-order chi connectivity index (χ1) is 4.33. The van der Waals surface area contributed by atoms with Crippen molar-refractivity contribution >= 4 is 5.97 Å². The second kappa shape index (κ2) is 2.81. The van der Waals surface area contributed by atoms with E-state index < -0.39 is 11.8 Å². The van der Waals surface area contributed by atoms with Crippen molar-refractivity contribution < 1.29 is 9.53 Å². The summed E-state index contributed by atoms with van der Waals surface area (Å²) in [6.07, 6.45) is 0. The van der Waals surface area contributed by atoms with Crippen LogP contribution in [0.5, 0.6) is 0 Å². The monoisotopic (exact) mass is 144 g/mol. The molecular weight excluding hydrogens is 132 g/mol. The number of ether oxygens (including phenoxy) is 1. The highest BCUT2D eigenvalue weighted by Crippen LogP contribution is 1.98. The van der Waals surface area contributed by atoms with Crippen molar-refractivity contribution in [2.45, 2.75) is 19.7 Å². The minimum atomic E-state index is -1.41. The Morgan fingerprint density at radius 3 is 2.10 bits per heavy atom. The fraction of sp³-hybridized carbons (Fsp3) is 0.500. The largest absolute Gasteiger partial charge is 0.428 e. The number of nitrogens with two attached hydrogens (primary N) is 2. The van der Waals surface area contributed by atoms with Gasteiger partial charge in [-0.15, -0.1) is 0 Å². The van der Waals surface area contributed by atoms with Crippen LogP contribution in [0.1, 0.15) is 13.8 Å². The summed E-state index contributed by atoms with van der Waals surface area (Å²) in [5, 5.41) is 0. The lowest BCUT2D eigenvalue weighted by atomic mass is 10.3. The molecule has 0 unspecified atom stereocenters. The van der Waals surface area contributed by atoms with Gasteiger partial charge in [0.05, 0.1) is 0 Å². The van der Waals surface area contributed by atoms with E-state index in [1.807, 2.05) is 0 Å². The number of carbonyl (C=O) groups excluding carboxylic acids is 1. The van der Waals surface area contributed by atoms with Crippen LogP contribution in [-0.2, 0) is 9.53 Å². The molecular formula is C6H12N2O2. The lowest BCUT2D eigenvalue weighted by molar-refractivity contribution is -0.151. The maximum Gasteiger partial charge on any atom is 0.335 e. The van der Waals surface area contributed by atoms with Crippen molar-refractivity contribution in [1.29, 1.82) is 0 Å². The SMILES string of the molecule is C=C(C)C(=O)OC(C)(N)N. The molecule has 10 heavy (non-hydrogen) atoms. The molecule has 0 aromatic carbocycles. The maximum absolute atomic E-state index is 10.7. The van der Waals surface area contributed by atoms with Crippen molar-refractivity contribution in [2.75, 3.05) is 0 Å². The lowest BCUT2D eigenvalue weighted by Crippen LogP contribution is -2.50. The van der Waals surface area contributed by atoms with Crippen molar-refractivity contribution in [1.82, 2.24) is 0 Å². The van der Waals surface area contributed by atoms with E-state index in [1.54, 1.807) is 0 Å². The molecule has 0 spiro atoms. The Labute approximate surface area is 59.8 Å². The highest BCUT2D eigenvalue weighted by molar-refractivity contribution is 5.87. The molecule has 4 N–H and O–H groups in total. The van der Waals surface area contributed by atoms with E-state index in [0.29, 0.717) is 0 Å². The third-order valence-electron chi connectivity index (χ3n) is 0.661. The number of esters is 1. The van der Waals surface area contributed by atoms with Crippen molar-refractivity contribution in [2.24, 2.45) is 11.5 Å². The van der Waals surface area contributed by atoms with E-state index in [0.717, 1.165) is 0 Å². The highest BCUT2D eigenvalue weighted by Gasteiger charge is 2.16. The summed E-state index contributed by atoms with van der Waals surface area (Å²) in [6.45, 7) is 6.26. The molecule has 0 aromatic heterocycles. The Hall–Kier alpha value is -0.870. The van der Waals surface area contributed by atoms with Crippen LogP contribution in [0.4, 0.5) is 0 Å². The summed E-state index contributed by atoms with van der Waals surface area (Å²) in [7, 11) is 0. The minimum Gasteiger partial charge on any atom is -0.428 e. The van der Waals surface area contributed by atoms with Gasteiger partial charge in [0, 0.05) is 12.5 Å². The third kappa shape index (κ3) is 4.05. The van der Waals surface area contributed by atoms with Gasteiger partial charge in [-0.3, -0.25) is 11.5 Å². The molecule has 0 aliphatic rings. The molecule has 0 bridgehead atoms. The van der Waals surface area contributed by atoms with Crippen LogP contribution in [0, 0.1) is 0 Å². The Bertz CT molecular complexity index is 158. The highest BCUT2D eigenvalue weighted by atomic mass is 16.6. The first-order valence-electron chi connectivity index (χ1n) is 2.79. The molecule has 0 aliphatic heterocycles. The van der Waals surface area contributed by atoms with Gasteiger partial charge in [0.2, 0.25) is 5.85 Å². The first kappa shape index (κ1) is 9.13. The second-order valence-corrected chi connectivity index (χ2v) is 2.35. The van der Waals surface area contributed by atoms with Gasteiger partial charge in [0.25, 0.3) is 0 Å². The van der Waals surface area contributed by atoms with Crippen molar-refractivity contribution in [3.05, 3.63) is 12.2 Å². The summed E-state index contributed by atoms with van der Waals surface area (Å²) in [5.41, 5.74) is 10.6. The van der Waals surface area contributed by atoms with Gasteiger partial charge in [-0.1, -0.05) is 6.58 Å². The number of rotatable bonds is 2. The fourth-order valence-electron chi connectivity index (χ4n) is 0.287. The quantitative estimate of drug-likeness (QED) is 0.317. The number of carbonyl (C=O) groups is 1. The van der Waals surface area contributed by atoms with E-state index in [-0.39, 0.29) is 5.57 Å². The van der Waals surface area contributed by atoms with Gasteiger partial charge < -0.3 is 4.74 Å². The molecule has 4 heteroatoms. The van der Waals surface area contributed by atoms with Crippen LogP contribution in [0.15, 0.2) is 12.2 Å². The Kier molecular flexibility index (Phi) is 2.56. The molecule has 4 nitrogen and oxygen atoms in total. The smallest absolute Gasteiger partial charge is 0.335 e. The normalized spacial score (nSPS) is 10.8. The summed E-state index contributed by atoms with van der Waals surface area (Å²) in [5.74, 6) is -1.98. The van der Waals surface area contributed by atoms with Gasteiger partial charge >= 0.3 is 5.97 Å². The topological polar surface area (TPSA) is 78.3 Å². The lowest BCUT2D eigenvalue weighted by Gasteiger charge is -2.18. The molecule has 0 heterocycles. The summed E-state index contributed by atoms with van der Waals surface area (Å²) >= 11 is 0. The number of hydrogen-bond donors (Lipinski definition) is 2. The van der Waals surface area contributed by atoms with Gasteiger partial charge in [0.15, 0.2) is 0 Å². The average Bonchev–Trinajstić information content (AvgIpc) is 1.60. The van der Waals surface area contributed by atoms with Gasteiger partial charge in [-0.25, -0.2) is 4.79 Å². The van der Waals surface area contributed by atoms with Gasteiger partial charge in [-0.2, -0.15) is 0 Å². The van der Waals surface area contributed by atoms with Crippen molar-refractivity contribution in [3.8, 4) is 0 Å². The molecule has 0 aromatic rings. The van der Waals surface area contributed by atoms with Crippen LogP contribution in [0.3, 0.4) is 0 Å². The second-order valence-electron chi connectivity index (χ2n) is 2.35. The molecule has 0 aliphatic carbocycles. The molecule has 0 saturated heterocycles. The van der Waals surface area contributed by atoms with E-state index in [4.69, 9.17) is 11.5 Å². The Balaban J connectivity index is 3.93. The predicted molar refractivity (Wildman–Crippen MR) is 37.7 cm³/mol. The molecule has 0 fully saturated rings. The molecule has 0 atom stereocenters. The number of hydrogen-bond acceptors (Lipinski definition) is 4. The zero-order chi connectivity index (χ0) is 8.36. The zero-order valence-electron chi connectivity index (χ0n) is 6.18. The van der Waals surface area contributed by atoms with E-state index in [2.05, 4.69) is 11.3 Å². The maximum atomic E-state index is 10.7. The van der Waals surface area contributed by atoms with E-state index >= 15 is 0 Å². The van der Waals surface area contributed by atoms with Crippen LogP contribution < -0.4 is 11.5 Å². The fourth-order valence-corrected chi connectivity index (χ4v) is 0.287. The summed E-state index contributed by atoms with van der Waals surface area (Å²) in [6, 6.07) is 0. The summed E-state index contributed by atoms with van der Waals surface area (Å²) < 4.78 is 4.52. The van der Waals surface area contributed by atoms with Crippen molar-refractivity contribution in [3.63, 3.8) is 0 Å².